The van der Waals surface area contributed by atoms with Gasteiger partial charge in [0.2, 0.25) is 0 Å². The van der Waals surface area contributed by atoms with Gasteiger partial charge in [-0.25, -0.2) is 4.39 Å². The van der Waals surface area contributed by atoms with Crippen LogP contribution < -0.4 is 10.1 Å². The van der Waals surface area contributed by atoms with Crippen molar-refractivity contribution >= 4 is 0 Å². The standard InChI is InChI=1S/C18H22FNO/c1-11-6-7-12(2)18(13(11)3)21-17-9-8-15(10-16(17)19)14(4)20-5/h6-10,14,20H,1-5H3. The van der Waals surface area contributed by atoms with E-state index in [-0.39, 0.29) is 17.6 Å². The number of benzene rings is 2. The van der Waals surface area contributed by atoms with Gasteiger partial charge < -0.3 is 10.1 Å². The molecule has 0 aliphatic carbocycles. The minimum atomic E-state index is -0.338. The predicted molar refractivity (Wildman–Crippen MR) is 84.6 cm³/mol. The van der Waals surface area contributed by atoms with Gasteiger partial charge in [0.15, 0.2) is 11.6 Å². The predicted octanol–water partition coefficient (Wildman–Crippen LogP) is 4.82. The number of nitrogens with one attached hydrogen (secondary N) is 1. The molecule has 0 radical (unpaired) electrons. The van der Waals surface area contributed by atoms with E-state index in [0.29, 0.717) is 0 Å². The highest BCUT2D eigenvalue weighted by atomic mass is 19.1. The molecular weight excluding hydrogens is 265 g/mol. The first-order valence-corrected chi connectivity index (χ1v) is 7.15. The van der Waals surface area contributed by atoms with E-state index >= 15 is 0 Å². The molecule has 0 saturated carbocycles. The highest BCUT2D eigenvalue weighted by Crippen LogP contribution is 2.32. The van der Waals surface area contributed by atoms with E-state index in [0.717, 1.165) is 28.0 Å². The highest BCUT2D eigenvalue weighted by molar-refractivity contribution is 5.47. The summed E-state index contributed by atoms with van der Waals surface area (Å²) in [5, 5.41) is 3.10. The van der Waals surface area contributed by atoms with Crippen LogP contribution in [0, 0.1) is 26.6 Å². The Balaban J connectivity index is 2.35. The fourth-order valence-electron chi connectivity index (χ4n) is 2.23. The Kier molecular flexibility index (Phi) is 4.63. The maximum atomic E-state index is 14.2. The Morgan fingerprint density at radius 3 is 2.33 bits per heavy atom. The molecule has 21 heavy (non-hydrogen) atoms. The van der Waals surface area contributed by atoms with E-state index < -0.39 is 0 Å². The quantitative estimate of drug-likeness (QED) is 0.870. The van der Waals surface area contributed by atoms with Gasteiger partial charge in [-0.2, -0.15) is 0 Å². The average molecular weight is 287 g/mol. The van der Waals surface area contributed by atoms with Crippen LogP contribution in [-0.2, 0) is 0 Å². The smallest absolute Gasteiger partial charge is 0.166 e. The third-order valence-electron chi connectivity index (χ3n) is 3.97. The molecular formula is C18H22FNO. The van der Waals surface area contributed by atoms with Crippen molar-refractivity contribution in [3.05, 3.63) is 58.4 Å². The highest BCUT2D eigenvalue weighted by Gasteiger charge is 2.12. The van der Waals surface area contributed by atoms with E-state index in [4.69, 9.17) is 4.74 Å². The van der Waals surface area contributed by atoms with Crippen molar-refractivity contribution in [1.82, 2.24) is 5.32 Å². The molecule has 3 heteroatoms. The second kappa shape index (κ2) is 6.27. The zero-order valence-corrected chi connectivity index (χ0v) is 13.3. The lowest BCUT2D eigenvalue weighted by atomic mass is 10.1. The van der Waals surface area contributed by atoms with Gasteiger partial charge in [-0.05, 0) is 69.1 Å². The van der Waals surface area contributed by atoms with Crippen LogP contribution in [-0.4, -0.2) is 7.05 Å². The summed E-state index contributed by atoms with van der Waals surface area (Å²) in [6.45, 7) is 7.98. The summed E-state index contributed by atoms with van der Waals surface area (Å²) >= 11 is 0. The van der Waals surface area contributed by atoms with Crippen LogP contribution in [0.25, 0.3) is 0 Å². The van der Waals surface area contributed by atoms with Gasteiger partial charge in [-0.3, -0.25) is 0 Å². The molecule has 0 heterocycles. The molecule has 2 rings (SSSR count). The van der Waals surface area contributed by atoms with E-state index in [9.17, 15) is 4.39 Å². The summed E-state index contributed by atoms with van der Waals surface area (Å²) in [5.41, 5.74) is 4.09. The Hall–Kier alpha value is -1.87. The van der Waals surface area contributed by atoms with Crippen molar-refractivity contribution in [2.24, 2.45) is 0 Å². The second-order valence-electron chi connectivity index (χ2n) is 5.46. The maximum Gasteiger partial charge on any atom is 0.166 e. The number of hydrogen-bond donors (Lipinski definition) is 1. The normalized spacial score (nSPS) is 12.3. The second-order valence-corrected chi connectivity index (χ2v) is 5.46. The van der Waals surface area contributed by atoms with Gasteiger partial charge in [0, 0.05) is 6.04 Å². The number of hydrogen-bond acceptors (Lipinski definition) is 2. The lowest BCUT2D eigenvalue weighted by Crippen LogP contribution is -2.12. The van der Waals surface area contributed by atoms with Crippen molar-refractivity contribution in [1.29, 1.82) is 0 Å². The van der Waals surface area contributed by atoms with Crippen LogP contribution in [0.3, 0.4) is 0 Å². The van der Waals surface area contributed by atoms with Gasteiger partial charge in [-0.15, -0.1) is 0 Å². The lowest BCUT2D eigenvalue weighted by Gasteiger charge is -2.16. The van der Waals surface area contributed by atoms with E-state index in [1.165, 1.54) is 6.07 Å². The van der Waals surface area contributed by atoms with Crippen molar-refractivity contribution in [2.45, 2.75) is 33.7 Å². The van der Waals surface area contributed by atoms with E-state index in [1.807, 2.05) is 52.9 Å². The first-order valence-electron chi connectivity index (χ1n) is 7.15. The van der Waals surface area contributed by atoms with E-state index in [2.05, 4.69) is 5.32 Å². The molecule has 2 aromatic rings. The third-order valence-corrected chi connectivity index (χ3v) is 3.97. The van der Waals surface area contributed by atoms with Gasteiger partial charge in [0.1, 0.15) is 5.75 Å². The molecule has 0 bridgehead atoms. The van der Waals surface area contributed by atoms with Crippen molar-refractivity contribution in [2.75, 3.05) is 7.05 Å². The summed E-state index contributed by atoms with van der Waals surface area (Å²) in [6, 6.07) is 9.26. The minimum absolute atomic E-state index is 0.107. The van der Waals surface area contributed by atoms with Gasteiger partial charge in [0.25, 0.3) is 0 Å². The van der Waals surface area contributed by atoms with Crippen molar-refractivity contribution < 1.29 is 9.13 Å². The first kappa shape index (κ1) is 15.5. The summed E-state index contributed by atoms with van der Waals surface area (Å²) < 4.78 is 20.1. The number of rotatable bonds is 4. The molecule has 0 aliphatic heterocycles. The fourth-order valence-corrected chi connectivity index (χ4v) is 2.23. The van der Waals surface area contributed by atoms with Crippen LogP contribution in [0.4, 0.5) is 4.39 Å². The molecule has 0 fully saturated rings. The van der Waals surface area contributed by atoms with Gasteiger partial charge in [-0.1, -0.05) is 18.2 Å². The van der Waals surface area contributed by atoms with Gasteiger partial charge >= 0.3 is 0 Å². The molecule has 0 aliphatic rings. The number of ether oxygens (including phenoxy) is 1. The zero-order chi connectivity index (χ0) is 15.6. The molecule has 2 aromatic carbocycles. The Morgan fingerprint density at radius 2 is 1.71 bits per heavy atom. The largest absolute Gasteiger partial charge is 0.454 e. The summed E-state index contributed by atoms with van der Waals surface area (Å²) in [4.78, 5) is 0. The van der Waals surface area contributed by atoms with Crippen molar-refractivity contribution in [3.8, 4) is 11.5 Å². The minimum Gasteiger partial charge on any atom is -0.454 e. The number of aryl methyl sites for hydroxylation is 2. The van der Waals surface area contributed by atoms with Crippen LogP contribution in [0.2, 0.25) is 0 Å². The Morgan fingerprint density at radius 1 is 1.05 bits per heavy atom. The third kappa shape index (κ3) is 3.24. The molecule has 0 aromatic heterocycles. The van der Waals surface area contributed by atoms with E-state index in [1.54, 1.807) is 6.07 Å². The molecule has 1 unspecified atom stereocenters. The SMILES string of the molecule is CNC(C)c1ccc(Oc2c(C)ccc(C)c2C)c(F)c1. The molecule has 0 amide bonds. The first-order chi connectivity index (χ1) is 9.93. The fraction of sp³-hybridized carbons (Fsp3) is 0.333. The average Bonchev–Trinajstić information content (AvgIpc) is 2.48. The zero-order valence-electron chi connectivity index (χ0n) is 13.3. The summed E-state index contributed by atoms with van der Waals surface area (Å²) in [5.74, 6) is 0.664. The lowest BCUT2D eigenvalue weighted by molar-refractivity contribution is 0.435. The molecule has 2 nitrogen and oxygen atoms in total. The van der Waals surface area contributed by atoms with Crippen LogP contribution in [0.5, 0.6) is 11.5 Å². The van der Waals surface area contributed by atoms with Crippen LogP contribution in [0.15, 0.2) is 30.3 Å². The molecule has 0 spiro atoms. The van der Waals surface area contributed by atoms with Gasteiger partial charge in [0.05, 0.1) is 0 Å². The van der Waals surface area contributed by atoms with Crippen molar-refractivity contribution in [3.63, 3.8) is 0 Å². The molecule has 1 atom stereocenters. The van der Waals surface area contributed by atoms with Crippen LogP contribution >= 0.6 is 0 Å². The molecule has 112 valence electrons. The Bertz CT molecular complexity index is 652. The molecule has 1 N–H and O–H groups in total. The molecule has 0 saturated heterocycles. The Labute approximate surface area is 126 Å². The topological polar surface area (TPSA) is 21.3 Å². The monoisotopic (exact) mass is 287 g/mol. The summed E-state index contributed by atoms with van der Waals surface area (Å²) in [6.07, 6.45) is 0. The van der Waals surface area contributed by atoms with Crippen LogP contribution in [0.1, 0.15) is 35.2 Å². The maximum absolute atomic E-state index is 14.2. The summed E-state index contributed by atoms with van der Waals surface area (Å²) in [7, 11) is 1.85. The number of halogens is 1.